The second-order valence-corrected chi connectivity index (χ2v) is 9.22. The van der Waals surface area contributed by atoms with E-state index in [-0.39, 0.29) is 35.8 Å². The first kappa shape index (κ1) is 24.2. The Morgan fingerprint density at radius 1 is 1.38 bits per heavy atom. The van der Waals surface area contributed by atoms with Crippen LogP contribution in [0.5, 0.6) is 5.75 Å². The van der Waals surface area contributed by atoms with Crippen molar-refractivity contribution in [3.63, 3.8) is 0 Å². The number of aliphatic imine (C=N–C) groups is 1. The number of sulfonamides is 1. The molecule has 0 aliphatic carbocycles. The summed E-state index contributed by atoms with van der Waals surface area (Å²) >= 11 is 0. The molecule has 0 spiro atoms. The van der Waals surface area contributed by atoms with Crippen molar-refractivity contribution in [3.05, 3.63) is 29.3 Å². The molecule has 2 aliphatic heterocycles. The molecule has 0 amide bonds. The number of nitrogens with zero attached hydrogens (tertiary/aromatic N) is 2. The van der Waals surface area contributed by atoms with Crippen LogP contribution < -0.4 is 15.4 Å². The van der Waals surface area contributed by atoms with E-state index in [9.17, 15) is 8.42 Å². The van der Waals surface area contributed by atoms with E-state index < -0.39 is 10.0 Å². The Hall–Kier alpha value is -1.11. The Labute approximate surface area is 190 Å². The minimum absolute atomic E-state index is 0. The molecule has 0 radical (unpaired) electrons. The number of benzene rings is 1. The van der Waals surface area contributed by atoms with E-state index >= 15 is 0 Å². The molecule has 2 aliphatic rings. The maximum atomic E-state index is 11.9. The number of ether oxygens (including phenoxy) is 2. The smallest absolute Gasteiger partial charge is 0.214 e. The van der Waals surface area contributed by atoms with Crippen molar-refractivity contribution in [1.82, 2.24) is 14.9 Å². The number of hydrogen-bond donors (Lipinski definition) is 2. The van der Waals surface area contributed by atoms with Crippen LogP contribution in [0.4, 0.5) is 0 Å². The highest BCUT2D eigenvalue weighted by molar-refractivity contribution is 14.0. The van der Waals surface area contributed by atoms with Crippen molar-refractivity contribution in [2.75, 3.05) is 45.6 Å². The maximum absolute atomic E-state index is 11.9. The van der Waals surface area contributed by atoms with Gasteiger partial charge < -0.3 is 20.1 Å². The Bertz CT molecular complexity index is 797. The SMILES string of the molecule is CN=C(NCCN1CCCS1(=O)=O)NCc1ccc(C)cc1OC1CCOC1.I. The minimum atomic E-state index is -3.06. The molecule has 1 atom stereocenters. The zero-order valence-corrected chi connectivity index (χ0v) is 20.2. The lowest BCUT2D eigenvalue weighted by molar-refractivity contribution is 0.140. The Balaban J connectivity index is 0.00000300. The van der Waals surface area contributed by atoms with Crippen LogP contribution in [0, 0.1) is 6.92 Å². The highest BCUT2D eigenvalue weighted by Crippen LogP contribution is 2.23. The molecule has 1 aromatic carbocycles. The molecule has 29 heavy (non-hydrogen) atoms. The predicted octanol–water partition coefficient (Wildman–Crippen LogP) is 1.48. The predicted molar refractivity (Wildman–Crippen MR) is 125 cm³/mol. The van der Waals surface area contributed by atoms with Gasteiger partial charge in [-0.1, -0.05) is 12.1 Å². The van der Waals surface area contributed by atoms with Gasteiger partial charge in [0, 0.05) is 45.2 Å². The zero-order valence-electron chi connectivity index (χ0n) is 17.0. The first-order chi connectivity index (χ1) is 13.5. The quantitative estimate of drug-likeness (QED) is 0.311. The lowest BCUT2D eigenvalue weighted by Gasteiger charge is -2.19. The van der Waals surface area contributed by atoms with E-state index in [1.807, 2.05) is 13.0 Å². The van der Waals surface area contributed by atoms with Crippen LogP contribution in [0.25, 0.3) is 0 Å². The zero-order chi connectivity index (χ0) is 20.0. The molecule has 8 nitrogen and oxygen atoms in total. The molecule has 2 fully saturated rings. The van der Waals surface area contributed by atoms with Crippen molar-refractivity contribution in [2.45, 2.75) is 32.4 Å². The summed E-state index contributed by atoms with van der Waals surface area (Å²) < 4.78 is 36.8. The number of halogens is 1. The fourth-order valence-corrected chi connectivity index (χ4v) is 4.87. The van der Waals surface area contributed by atoms with Crippen molar-refractivity contribution in [2.24, 2.45) is 4.99 Å². The molecule has 164 valence electrons. The van der Waals surface area contributed by atoms with Gasteiger partial charge in [0.2, 0.25) is 10.0 Å². The van der Waals surface area contributed by atoms with E-state index in [1.165, 1.54) is 4.31 Å². The monoisotopic (exact) mass is 538 g/mol. The summed E-state index contributed by atoms with van der Waals surface area (Å²) in [6.45, 7) is 5.54. The fourth-order valence-electron chi connectivity index (χ4n) is 3.34. The minimum Gasteiger partial charge on any atom is -0.488 e. The van der Waals surface area contributed by atoms with E-state index in [4.69, 9.17) is 9.47 Å². The van der Waals surface area contributed by atoms with Crippen LogP contribution in [0.2, 0.25) is 0 Å². The van der Waals surface area contributed by atoms with Crippen molar-refractivity contribution < 1.29 is 17.9 Å². The van der Waals surface area contributed by atoms with Gasteiger partial charge in [-0.05, 0) is 25.0 Å². The molecule has 0 saturated carbocycles. The first-order valence-electron chi connectivity index (χ1n) is 9.74. The molecule has 0 bridgehead atoms. The van der Waals surface area contributed by atoms with Gasteiger partial charge in [-0.2, -0.15) is 0 Å². The van der Waals surface area contributed by atoms with Gasteiger partial charge in [0.05, 0.1) is 19.0 Å². The average molecular weight is 538 g/mol. The van der Waals surface area contributed by atoms with Gasteiger partial charge in [0.15, 0.2) is 5.96 Å². The average Bonchev–Trinajstić information content (AvgIpc) is 3.28. The van der Waals surface area contributed by atoms with Gasteiger partial charge in [0.1, 0.15) is 11.9 Å². The highest BCUT2D eigenvalue weighted by Gasteiger charge is 2.27. The summed E-state index contributed by atoms with van der Waals surface area (Å²) in [5, 5.41) is 6.46. The lowest BCUT2D eigenvalue weighted by Crippen LogP contribution is -2.41. The Kier molecular flexibility index (Phi) is 9.44. The molecule has 2 heterocycles. The second-order valence-electron chi connectivity index (χ2n) is 7.14. The molecule has 2 saturated heterocycles. The molecular weight excluding hydrogens is 507 g/mol. The summed E-state index contributed by atoms with van der Waals surface area (Å²) in [5.41, 5.74) is 2.19. The van der Waals surface area contributed by atoms with Crippen LogP contribution in [0.1, 0.15) is 24.0 Å². The standard InChI is InChI=1S/C19H30N4O4S.HI/c1-15-4-5-16(18(12-15)27-17-6-10-26-14-17)13-22-19(20-2)21-7-9-23-8-3-11-28(23,24)25;/h4-5,12,17H,3,6-11,13-14H2,1-2H3,(H2,20,21,22);1H. The van der Waals surface area contributed by atoms with Gasteiger partial charge in [-0.15, -0.1) is 24.0 Å². The second kappa shape index (κ2) is 11.3. The summed E-state index contributed by atoms with van der Waals surface area (Å²) in [4.78, 5) is 4.22. The van der Waals surface area contributed by atoms with Crippen LogP contribution in [-0.4, -0.2) is 70.4 Å². The summed E-state index contributed by atoms with van der Waals surface area (Å²) in [6, 6.07) is 6.16. The van der Waals surface area contributed by atoms with E-state index in [0.717, 1.165) is 29.9 Å². The largest absolute Gasteiger partial charge is 0.488 e. The number of guanidine groups is 1. The van der Waals surface area contributed by atoms with Crippen LogP contribution >= 0.6 is 24.0 Å². The van der Waals surface area contributed by atoms with E-state index in [0.29, 0.717) is 45.2 Å². The highest BCUT2D eigenvalue weighted by atomic mass is 127. The lowest BCUT2D eigenvalue weighted by atomic mass is 10.1. The third-order valence-electron chi connectivity index (χ3n) is 4.93. The van der Waals surface area contributed by atoms with Gasteiger partial charge in [-0.25, -0.2) is 12.7 Å². The van der Waals surface area contributed by atoms with Crippen LogP contribution in [0.3, 0.4) is 0 Å². The molecule has 1 unspecified atom stereocenters. The first-order valence-corrected chi connectivity index (χ1v) is 11.3. The Morgan fingerprint density at radius 3 is 2.86 bits per heavy atom. The fraction of sp³-hybridized carbons (Fsp3) is 0.632. The normalized spacial score (nSPS) is 21.6. The summed E-state index contributed by atoms with van der Waals surface area (Å²) in [7, 11) is -1.36. The number of nitrogens with one attached hydrogen (secondary N) is 2. The van der Waals surface area contributed by atoms with E-state index in [2.05, 4.69) is 27.8 Å². The molecule has 2 N–H and O–H groups in total. The third kappa shape index (κ3) is 6.97. The van der Waals surface area contributed by atoms with Crippen LogP contribution in [-0.2, 0) is 21.3 Å². The molecular formula is C19H31IN4O4S. The summed E-state index contributed by atoms with van der Waals surface area (Å²) in [6.07, 6.45) is 1.71. The number of rotatable bonds is 7. The summed E-state index contributed by atoms with van der Waals surface area (Å²) in [5.74, 6) is 1.75. The molecule has 3 rings (SSSR count). The topological polar surface area (TPSA) is 92.3 Å². The third-order valence-corrected chi connectivity index (χ3v) is 6.89. The van der Waals surface area contributed by atoms with Crippen LogP contribution in [0.15, 0.2) is 23.2 Å². The number of aryl methyl sites for hydroxylation is 1. The number of hydrogen-bond acceptors (Lipinski definition) is 5. The van der Waals surface area contributed by atoms with Gasteiger partial charge >= 0.3 is 0 Å². The molecule has 1 aromatic rings. The van der Waals surface area contributed by atoms with Gasteiger partial charge in [0.25, 0.3) is 0 Å². The van der Waals surface area contributed by atoms with Gasteiger partial charge in [-0.3, -0.25) is 4.99 Å². The van der Waals surface area contributed by atoms with Crippen molar-refractivity contribution in [1.29, 1.82) is 0 Å². The Morgan fingerprint density at radius 2 is 2.21 bits per heavy atom. The van der Waals surface area contributed by atoms with Crippen molar-refractivity contribution >= 4 is 40.0 Å². The molecule has 10 heteroatoms. The van der Waals surface area contributed by atoms with Crippen molar-refractivity contribution in [3.8, 4) is 5.75 Å². The maximum Gasteiger partial charge on any atom is 0.214 e. The molecule has 0 aromatic heterocycles. The van der Waals surface area contributed by atoms with E-state index in [1.54, 1.807) is 7.05 Å².